The molecule has 1 radical (unpaired) electrons. The quantitative estimate of drug-likeness (QED) is 0.629. The van der Waals surface area contributed by atoms with Crippen LogP contribution in [0.1, 0.15) is 46.0 Å². The minimum absolute atomic E-state index is 0.0200. The lowest BCUT2D eigenvalue weighted by molar-refractivity contribution is -0.146. The molecule has 0 aromatic rings. The molecule has 1 rings (SSSR count). The standard InChI is InChI=1S/C11H19O2/c1-9(2)8-13-11(12)10-6-4-3-5-7-10/h8-10H,3-7H2,1-2H3. The first-order valence-corrected chi connectivity index (χ1v) is 5.24. The van der Waals surface area contributed by atoms with Crippen molar-refractivity contribution < 1.29 is 9.53 Å². The summed E-state index contributed by atoms with van der Waals surface area (Å²) in [5.41, 5.74) is 0. The van der Waals surface area contributed by atoms with Crippen LogP contribution in [0, 0.1) is 18.4 Å². The molecule has 0 aliphatic heterocycles. The van der Waals surface area contributed by atoms with Crippen LogP contribution >= 0.6 is 0 Å². The lowest BCUT2D eigenvalue weighted by atomic mass is 9.89. The van der Waals surface area contributed by atoms with Gasteiger partial charge in [-0.25, -0.2) is 0 Å². The highest BCUT2D eigenvalue weighted by molar-refractivity contribution is 5.72. The van der Waals surface area contributed by atoms with E-state index in [4.69, 9.17) is 4.74 Å². The number of hydrogen-bond acceptors (Lipinski definition) is 2. The monoisotopic (exact) mass is 183 g/mol. The van der Waals surface area contributed by atoms with Gasteiger partial charge in [-0.05, 0) is 18.8 Å². The number of rotatable bonds is 3. The first kappa shape index (κ1) is 10.6. The van der Waals surface area contributed by atoms with Crippen molar-refractivity contribution >= 4 is 5.97 Å². The second kappa shape index (κ2) is 5.25. The Labute approximate surface area is 80.7 Å². The second-order valence-electron chi connectivity index (χ2n) is 4.15. The fourth-order valence-corrected chi connectivity index (χ4v) is 1.64. The van der Waals surface area contributed by atoms with Crippen molar-refractivity contribution in [2.45, 2.75) is 46.0 Å². The highest BCUT2D eigenvalue weighted by atomic mass is 16.5. The third-order valence-electron chi connectivity index (χ3n) is 2.39. The van der Waals surface area contributed by atoms with E-state index in [1.165, 1.54) is 19.3 Å². The molecule has 1 saturated carbocycles. The number of carbonyl (C=O) groups is 1. The predicted octanol–water partition coefficient (Wildman–Crippen LogP) is 2.93. The van der Waals surface area contributed by atoms with Gasteiger partial charge >= 0.3 is 5.97 Å². The SMILES string of the molecule is CC(C)[CH]OC(=O)C1CCCCC1. The van der Waals surface area contributed by atoms with Crippen LogP contribution in [0.2, 0.25) is 0 Å². The van der Waals surface area contributed by atoms with E-state index in [0.717, 1.165) is 12.8 Å². The fraction of sp³-hybridized carbons (Fsp3) is 0.818. The van der Waals surface area contributed by atoms with Crippen LogP contribution in [0.25, 0.3) is 0 Å². The van der Waals surface area contributed by atoms with Gasteiger partial charge < -0.3 is 4.74 Å². The van der Waals surface area contributed by atoms with Gasteiger partial charge in [-0.1, -0.05) is 33.1 Å². The average molecular weight is 183 g/mol. The highest BCUT2D eigenvalue weighted by Gasteiger charge is 2.22. The third-order valence-corrected chi connectivity index (χ3v) is 2.39. The van der Waals surface area contributed by atoms with Crippen LogP contribution in [0.5, 0.6) is 0 Å². The molecule has 0 amide bonds. The summed E-state index contributed by atoms with van der Waals surface area (Å²) in [5.74, 6) is 0.477. The van der Waals surface area contributed by atoms with Gasteiger partial charge in [0.25, 0.3) is 0 Å². The van der Waals surface area contributed by atoms with Gasteiger partial charge in [0.15, 0.2) is 0 Å². The Morgan fingerprint density at radius 2 is 1.92 bits per heavy atom. The Hall–Kier alpha value is -0.530. The minimum Gasteiger partial charge on any atom is -0.458 e. The van der Waals surface area contributed by atoms with Gasteiger partial charge in [0.2, 0.25) is 0 Å². The van der Waals surface area contributed by atoms with Gasteiger partial charge in [-0.15, -0.1) is 0 Å². The molecular weight excluding hydrogens is 164 g/mol. The summed E-state index contributed by atoms with van der Waals surface area (Å²) in [6, 6.07) is 0. The summed E-state index contributed by atoms with van der Waals surface area (Å²) in [6.07, 6.45) is 5.68. The maximum absolute atomic E-state index is 11.4. The molecule has 0 atom stereocenters. The van der Waals surface area contributed by atoms with Crippen molar-refractivity contribution in [2.24, 2.45) is 11.8 Å². The first-order chi connectivity index (χ1) is 6.20. The van der Waals surface area contributed by atoms with Crippen LogP contribution in [0.15, 0.2) is 0 Å². The molecule has 0 spiro atoms. The van der Waals surface area contributed by atoms with E-state index >= 15 is 0 Å². The summed E-state index contributed by atoms with van der Waals surface area (Å²) in [6.45, 7) is 5.65. The number of ether oxygens (including phenoxy) is 1. The van der Waals surface area contributed by atoms with Gasteiger partial charge in [0.1, 0.15) is 6.61 Å². The van der Waals surface area contributed by atoms with Gasteiger partial charge in [0.05, 0.1) is 5.92 Å². The van der Waals surface area contributed by atoms with Gasteiger partial charge in [-0.2, -0.15) is 0 Å². The molecule has 0 bridgehead atoms. The summed E-state index contributed by atoms with van der Waals surface area (Å²) in [5, 5.41) is 0. The lowest BCUT2D eigenvalue weighted by Gasteiger charge is -2.20. The zero-order chi connectivity index (χ0) is 9.68. The molecule has 2 heteroatoms. The summed E-state index contributed by atoms with van der Waals surface area (Å²) in [7, 11) is 0. The molecule has 2 nitrogen and oxygen atoms in total. The van der Waals surface area contributed by atoms with E-state index in [1.807, 2.05) is 13.8 Å². The van der Waals surface area contributed by atoms with E-state index in [0.29, 0.717) is 5.92 Å². The largest absolute Gasteiger partial charge is 0.458 e. The topological polar surface area (TPSA) is 26.3 Å². The molecule has 1 aliphatic rings. The normalized spacial score (nSPS) is 19.0. The van der Waals surface area contributed by atoms with E-state index in [1.54, 1.807) is 6.61 Å². The Morgan fingerprint density at radius 1 is 1.31 bits per heavy atom. The smallest absolute Gasteiger partial charge is 0.309 e. The summed E-state index contributed by atoms with van der Waals surface area (Å²) in [4.78, 5) is 11.4. The first-order valence-electron chi connectivity index (χ1n) is 5.24. The molecule has 1 aliphatic carbocycles. The number of esters is 1. The van der Waals surface area contributed by atoms with Gasteiger partial charge in [0, 0.05) is 0 Å². The average Bonchev–Trinajstić information content (AvgIpc) is 2.15. The van der Waals surface area contributed by atoms with Crippen LogP contribution in [-0.4, -0.2) is 5.97 Å². The Morgan fingerprint density at radius 3 is 2.46 bits per heavy atom. The van der Waals surface area contributed by atoms with Gasteiger partial charge in [-0.3, -0.25) is 4.79 Å². The fourth-order valence-electron chi connectivity index (χ4n) is 1.64. The molecule has 0 aromatic carbocycles. The zero-order valence-corrected chi connectivity index (χ0v) is 8.58. The molecule has 0 saturated heterocycles. The van der Waals surface area contributed by atoms with Crippen molar-refractivity contribution in [3.63, 3.8) is 0 Å². The van der Waals surface area contributed by atoms with Crippen LogP contribution in [-0.2, 0) is 9.53 Å². The third kappa shape index (κ3) is 3.79. The molecule has 0 heterocycles. The molecule has 0 N–H and O–H groups in total. The van der Waals surface area contributed by atoms with E-state index in [-0.39, 0.29) is 11.9 Å². The highest BCUT2D eigenvalue weighted by Crippen LogP contribution is 2.25. The Kier molecular flexibility index (Phi) is 4.26. The lowest BCUT2D eigenvalue weighted by Crippen LogP contribution is -2.20. The van der Waals surface area contributed by atoms with Crippen molar-refractivity contribution in [2.75, 3.05) is 0 Å². The Balaban J connectivity index is 2.21. The van der Waals surface area contributed by atoms with Crippen molar-refractivity contribution in [1.82, 2.24) is 0 Å². The molecule has 13 heavy (non-hydrogen) atoms. The minimum atomic E-state index is -0.0200. The van der Waals surface area contributed by atoms with Crippen molar-refractivity contribution in [3.8, 4) is 0 Å². The second-order valence-corrected chi connectivity index (χ2v) is 4.15. The van der Waals surface area contributed by atoms with Crippen molar-refractivity contribution in [1.29, 1.82) is 0 Å². The molecule has 1 fully saturated rings. The number of carbonyl (C=O) groups excluding carboxylic acids is 1. The van der Waals surface area contributed by atoms with Crippen LogP contribution in [0.3, 0.4) is 0 Å². The summed E-state index contributed by atoms with van der Waals surface area (Å²) >= 11 is 0. The maximum atomic E-state index is 11.4. The molecule has 0 aromatic heterocycles. The van der Waals surface area contributed by atoms with E-state index < -0.39 is 0 Å². The van der Waals surface area contributed by atoms with Crippen LogP contribution < -0.4 is 0 Å². The summed E-state index contributed by atoms with van der Waals surface area (Å²) < 4.78 is 5.08. The van der Waals surface area contributed by atoms with E-state index in [9.17, 15) is 4.79 Å². The molecular formula is C11H19O2. The zero-order valence-electron chi connectivity index (χ0n) is 8.58. The van der Waals surface area contributed by atoms with Crippen molar-refractivity contribution in [3.05, 3.63) is 6.61 Å². The maximum Gasteiger partial charge on any atom is 0.309 e. The van der Waals surface area contributed by atoms with Crippen LogP contribution in [0.4, 0.5) is 0 Å². The predicted molar refractivity (Wildman–Crippen MR) is 51.8 cm³/mol. The molecule has 75 valence electrons. The molecule has 0 unspecified atom stereocenters. The van der Waals surface area contributed by atoms with E-state index in [2.05, 4.69) is 0 Å². The Bertz CT molecular complexity index is 157. The number of hydrogen-bond donors (Lipinski definition) is 0.